The average molecular weight is 279 g/mol. The molecule has 0 amide bonds. The molecule has 4 nitrogen and oxygen atoms in total. The fraction of sp³-hybridized carbons (Fsp3) is 0.667. The van der Waals surface area contributed by atoms with Crippen LogP contribution in [-0.4, -0.2) is 42.1 Å². The zero-order valence-corrected chi connectivity index (χ0v) is 15.7. The molecule has 0 radical (unpaired) electrons. The molecule has 16 heavy (non-hydrogen) atoms. The highest BCUT2D eigenvalue weighted by molar-refractivity contribution is 6.73. The summed E-state index contributed by atoms with van der Waals surface area (Å²) in [5.74, 6) is -0.231. The number of carbonyl (C=O) groups excluding carboxylic acids is 1. The maximum Gasteiger partial charge on any atom is 0.320 e. The van der Waals surface area contributed by atoms with Crippen LogP contribution in [0.4, 0.5) is 0 Å². The quantitative estimate of drug-likeness (QED) is 0.261. The average Bonchev–Trinajstić information content (AvgIpc) is 2.22. The Hall–Kier alpha value is -0.219. The summed E-state index contributed by atoms with van der Waals surface area (Å²) in [6.45, 7) is 7.78. The molecule has 0 aliphatic rings. The molecule has 0 aromatic carbocycles. The topological polar surface area (TPSA) is 44.8 Å². The second kappa shape index (κ2) is 7.96. The van der Waals surface area contributed by atoms with E-state index in [9.17, 15) is 4.79 Å². The van der Waals surface area contributed by atoms with Gasteiger partial charge in [0.05, 0.1) is 6.61 Å². The molecule has 0 atom stereocenters. The molecular formula is C9H22O4Si3. The summed E-state index contributed by atoms with van der Waals surface area (Å²) in [4.78, 5) is 10.6. The molecule has 94 valence electrons. The smallest absolute Gasteiger partial charge is 0.320 e. The lowest BCUT2D eigenvalue weighted by molar-refractivity contribution is -0.140. The maximum atomic E-state index is 10.6. The van der Waals surface area contributed by atoms with Crippen LogP contribution < -0.4 is 0 Å². The van der Waals surface area contributed by atoms with Gasteiger partial charge in [-0.25, -0.2) is 0 Å². The van der Waals surface area contributed by atoms with Gasteiger partial charge in [0.1, 0.15) is 21.0 Å². The third-order valence-electron chi connectivity index (χ3n) is 2.32. The largest absolute Gasteiger partial charge is 0.466 e. The van der Waals surface area contributed by atoms with Gasteiger partial charge in [-0.2, -0.15) is 0 Å². The molecule has 0 N–H and O–H groups in total. The Balaban J connectivity index is 4.11. The van der Waals surface area contributed by atoms with Crippen molar-refractivity contribution in [2.24, 2.45) is 0 Å². The van der Waals surface area contributed by atoms with Gasteiger partial charge in [-0.1, -0.05) is 5.57 Å². The van der Waals surface area contributed by atoms with Crippen molar-refractivity contribution in [3.8, 4) is 0 Å². The zero-order valence-electron chi connectivity index (χ0n) is 10.7. The highest BCUT2D eigenvalue weighted by Crippen LogP contribution is 2.22. The summed E-state index contributed by atoms with van der Waals surface area (Å²) in [5.41, 5.74) is 1.10. The third-order valence-corrected chi connectivity index (χ3v) is 10.5. The van der Waals surface area contributed by atoms with Gasteiger partial charge in [-0.3, -0.25) is 4.79 Å². The Morgan fingerprint density at radius 2 is 1.88 bits per heavy atom. The van der Waals surface area contributed by atoms with Gasteiger partial charge in [-0.15, -0.1) is 6.58 Å². The van der Waals surface area contributed by atoms with E-state index in [0.717, 1.165) is 24.1 Å². The first-order chi connectivity index (χ1) is 7.45. The molecule has 0 saturated carbocycles. The van der Waals surface area contributed by atoms with Crippen LogP contribution in [0.15, 0.2) is 12.2 Å². The Labute approximate surface area is 105 Å². The van der Waals surface area contributed by atoms with Crippen LogP contribution >= 0.6 is 0 Å². The van der Waals surface area contributed by atoms with E-state index in [2.05, 4.69) is 6.58 Å². The van der Waals surface area contributed by atoms with Gasteiger partial charge in [0.25, 0.3) is 0 Å². The van der Waals surface area contributed by atoms with Crippen LogP contribution in [0.1, 0.15) is 20.3 Å². The van der Waals surface area contributed by atoms with Gasteiger partial charge in [0, 0.05) is 13.0 Å². The van der Waals surface area contributed by atoms with Gasteiger partial charge >= 0.3 is 14.5 Å². The van der Waals surface area contributed by atoms with Crippen molar-refractivity contribution in [2.75, 3.05) is 6.61 Å². The van der Waals surface area contributed by atoms with Crippen molar-refractivity contribution < 1.29 is 17.8 Å². The zero-order chi connectivity index (χ0) is 12.6. The minimum absolute atomic E-state index is 0.231. The third kappa shape index (κ3) is 6.38. The Morgan fingerprint density at radius 3 is 2.25 bits per heavy atom. The number of esters is 1. The lowest BCUT2D eigenvalue weighted by atomic mass is 10.4. The molecule has 0 saturated heterocycles. The molecule has 0 bridgehead atoms. The summed E-state index contributed by atoms with van der Waals surface area (Å²) in [6.07, 6.45) is 0.809. The molecule has 7 heteroatoms. The van der Waals surface area contributed by atoms with Gasteiger partial charge < -0.3 is 13.0 Å². The molecule has 0 heterocycles. The first-order valence-corrected chi connectivity index (χ1v) is 9.20. The highest BCUT2D eigenvalue weighted by Gasteiger charge is 2.33. The standard InChI is InChI=1S/C9H22O4Si3/c1-8(2)7-16(12-14,13-15)6-4-5-11-9(3)10/h1,4-7H2,2-3,14-15H3. The van der Waals surface area contributed by atoms with E-state index in [4.69, 9.17) is 13.0 Å². The van der Waals surface area contributed by atoms with Crippen molar-refractivity contribution in [1.29, 1.82) is 0 Å². The second-order valence-electron chi connectivity index (χ2n) is 3.90. The van der Waals surface area contributed by atoms with Gasteiger partial charge in [-0.05, 0) is 19.4 Å². The summed E-state index contributed by atoms with van der Waals surface area (Å²) in [7, 11) is -0.673. The van der Waals surface area contributed by atoms with Crippen molar-refractivity contribution in [1.82, 2.24) is 0 Å². The van der Waals surface area contributed by atoms with E-state index >= 15 is 0 Å². The van der Waals surface area contributed by atoms with Gasteiger partial charge in [0.15, 0.2) is 0 Å². The van der Waals surface area contributed by atoms with E-state index in [1.807, 2.05) is 6.92 Å². The minimum Gasteiger partial charge on any atom is -0.466 e. The lowest BCUT2D eigenvalue weighted by Crippen LogP contribution is -2.41. The molecule has 0 unspecified atom stereocenters. The number of allylic oxidation sites excluding steroid dienone is 1. The monoisotopic (exact) mass is 278 g/mol. The van der Waals surface area contributed by atoms with E-state index in [1.54, 1.807) is 0 Å². The van der Waals surface area contributed by atoms with Crippen molar-refractivity contribution in [3.63, 3.8) is 0 Å². The van der Waals surface area contributed by atoms with Crippen LogP contribution in [0.25, 0.3) is 0 Å². The normalized spacial score (nSPS) is 14.6. The number of hydrogen-bond acceptors (Lipinski definition) is 4. The molecule has 0 aromatic heterocycles. The molecule has 0 spiro atoms. The SMILES string of the molecule is C=C(C)C[Si](CCCOC(C)=O)(O[SiH3])O[SiH3]. The summed E-state index contributed by atoms with van der Waals surface area (Å²) in [5, 5.41) is 0. The fourth-order valence-corrected chi connectivity index (χ4v) is 8.27. The van der Waals surface area contributed by atoms with Crippen LogP contribution in [-0.2, 0) is 17.8 Å². The number of carbonyl (C=O) groups is 1. The van der Waals surface area contributed by atoms with E-state index < -0.39 is 8.56 Å². The first-order valence-electron chi connectivity index (χ1n) is 5.34. The van der Waals surface area contributed by atoms with E-state index in [0.29, 0.717) is 27.6 Å². The highest BCUT2D eigenvalue weighted by atomic mass is 28.4. The van der Waals surface area contributed by atoms with Crippen LogP contribution in [0.2, 0.25) is 12.1 Å². The first kappa shape index (κ1) is 15.8. The van der Waals surface area contributed by atoms with Crippen LogP contribution in [0, 0.1) is 0 Å². The second-order valence-corrected chi connectivity index (χ2v) is 9.84. The molecule has 0 aliphatic carbocycles. The number of rotatable bonds is 8. The summed E-state index contributed by atoms with van der Waals surface area (Å²) >= 11 is 0. The minimum atomic E-state index is -2.05. The summed E-state index contributed by atoms with van der Waals surface area (Å²) < 4.78 is 16.3. The molecular weight excluding hydrogens is 256 g/mol. The van der Waals surface area contributed by atoms with Crippen LogP contribution in [0.5, 0.6) is 0 Å². The maximum absolute atomic E-state index is 10.6. The fourth-order valence-electron chi connectivity index (χ4n) is 1.54. The Morgan fingerprint density at radius 1 is 1.31 bits per heavy atom. The molecule has 0 rings (SSSR count). The van der Waals surface area contributed by atoms with Gasteiger partial charge in [0.2, 0.25) is 0 Å². The number of hydrogen-bond donors (Lipinski definition) is 0. The van der Waals surface area contributed by atoms with Crippen molar-refractivity contribution >= 4 is 35.5 Å². The van der Waals surface area contributed by atoms with E-state index in [1.165, 1.54) is 6.92 Å². The predicted molar refractivity (Wildman–Crippen MR) is 73.5 cm³/mol. The Kier molecular flexibility index (Phi) is 7.85. The Bertz CT molecular complexity index is 241. The van der Waals surface area contributed by atoms with Crippen LogP contribution in [0.3, 0.4) is 0 Å². The molecule has 0 aromatic rings. The number of ether oxygens (including phenoxy) is 1. The van der Waals surface area contributed by atoms with Crippen molar-refractivity contribution in [2.45, 2.75) is 32.4 Å². The van der Waals surface area contributed by atoms with E-state index in [-0.39, 0.29) is 5.97 Å². The predicted octanol–water partition coefficient (Wildman–Crippen LogP) is -0.448. The molecule has 0 aliphatic heterocycles. The lowest BCUT2D eigenvalue weighted by Gasteiger charge is -2.28. The summed E-state index contributed by atoms with van der Waals surface area (Å²) in [6, 6.07) is 1.72. The van der Waals surface area contributed by atoms with Crippen molar-refractivity contribution in [3.05, 3.63) is 12.2 Å². The molecule has 0 fully saturated rings.